The number of allylic oxidation sites excluding steroid dienone is 2. The van der Waals surface area contributed by atoms with Crippen molar-refractivity contribution in [1.82, 2.24) is 35.4 Å². The number of H-pyrrole nitrogens is 1. The Hall–Kier alpha value is -3.69. The van der Waals surface area contributed by atoms with Crippen molar-refractivity contribution in [1.29, 1.82) is 0 Å². The van der Waals surface area contributed by atoms with Gasteiger partial charge in [-0.1, -0.05) is 67.6 Å². The molecule has 2 aromatic heterocycles. The fraction of sp³-hybridized carbons (Fsp3) is 0.320. The first-order valence-corrected chi connectivity index (χ1v) is 11.2. The van der Waals surface area contributed by atoms with E-state index in [1.54, 1.807) is 14.2 Å². The van der Waals surface area contributed by atoms with Crippen molar-refractivity contribution in [3.63, 3.8) is 0 Å². The lowest BCUT2D eigenvalue weighted by Crippen LogP contribution is -2.31. The number of aromatic amines is 1. The number of benzene rings is 2. The molecule has 2 heterocycles. The zero-order valence-electron chi connectivity index (χ0n) is 19.9. The Labute approximate surface area is 198 Å². The van der Waals surface area contributed by atoms with E-state index in [9.17, 15) is 0 Å². The van der Waals surface area contributed by atoms with E-state index in [0.717, 1.165) is 28.1 Å². The third-order valence-electron chi connectivity index (χ3n) is 5.86. The van der Waals surface area contributed by atoms with E-state index in [1.807, 2.05) is 42.8 Å². The normalized spacial score (nSPS) is 12.0. The molecule has 4 rings (SSSR count). The molecule has 0 saturated carbocycles. The molecule has 0 spiro atoms. The average Bonchev–Trinajstić information content (AvgIpc) is 3.56. The molecule has 0 radical (unpaired) electrons. The highest BCUT2D eigenvalue weighted by Crippen LogP contribution is 2.30. The molecule has 0 aliphatic carbocycles. The summed E-state index contributed by atoms with van der Waals surface area (Å²) in [6.07, 6.45) is 5.35. The van der Waals surface area contributed by atoms with Gasteiger partial charge in [-0.05, 0) is 28.8 Å². The zero-order valence-corrected chi connectivity index (χ0v) is 19.9. The van der Waals surface area contributed by atoms with Crippen molar-refractivity contribution < 1.29 is 9.47 Å². The topological polar surface area (TPSA) is 104 Å². The Balaban J connectivity index is 1.63. The van der Waals surface area contributed by atoms with E-state index in [0.29, 0.717) is 31.0 Å². The van der Waals surface area contributed by atoms with Crippen molar-refractivity contribution in [2.24, 2.45) is 0 Å². The molecule has 0 saturated heterocycles. The monoisotopic (exact) mass is 459 g/mol. The molecule has 0 bridgehead atoms. The van der Waals surface area contributed by atoms with Gasteiger partial charge in [-0.3, -0.25) is 0 Å². The first-order chi connectivity index (χ1) is 16.6. The fourth-order valence-electron chi connectivity index (χ4n) is 3.92. The van der Waals surface area contributed by atoms with Gasteiger partial charge in [0.05, 0.1) is 6.54 Å². The molecular weight excluding hydrogens is 430 g/mol. The third-order valence-corrected chi connectivity index (χ3v) is 5.86. The van der Waals surface area contributed by atoms with Crippen molar-refractivity contribution in [2.75, 3.05) is 14.2 Å². The van der Waals surface area contributed by atoms with Gasteiger partial charge in [-0.15, -0.1) is 15.3 Å². The minimum Gasteiger partial charge on any atom is -0.347 e. The van der Waals surface area contributed by atoms with E-state index >= 15 is 0 Å². The van der Waals surface area contributed by atoms with Gasteiger partial charge in [0.25, 0.3) is 0 Å². The molecule has 0 unspecified atom stereocenters. The number of methoxy groups -OCH3 is 2. The average molecular weight is 460 g/mol. The first kappa shape index (κ1) is 23.5. The van der Waals surface area contributed by atoms with Crippen LogP contribution in [-0.4, -0.2) is 49.6 Å². The summed E-state index contributed by atoms with van der Waals surface area (Å²) >= 11 is 0. The van der Waals surface area contributed by atoms with Gasteiger partial charge in [0.15, 0.2) is 0 Å². The lowest BCUT2D eigenvalue weighted by atomic mass is 9.98. The molecule has 0 aliphatic rings. The minimum absolute atomic E-state index is 0.533. The Morgan fingerprint density at radius 2 is 1.76 bits per heavy atom. The van der Waals surface area contributed by atoms with Crippen LogP contribution < -0.4 is 0 Å². The highest BCUT2D eigenvalue weighted by molar-refractivity contribution is 5.80. The SMILES string of the molecule is C/C=C/Cc1nc(C(CC)(OC)OC)nn1Cc1ccc(-c2ccccc2-c2nn[nH]n2)cc1. The second-order valence-corrected chi connectivity index (χ2v) is 7.78. The van der Waals surface area contributed by atoms with Gasteiger partial charge >= 0.3 is 0 Å². The molecule has 0 aliphatic heterocycles. The van der Waals surface area contributed by atoms with Crippen LogP contribution >= 0.6 is 0 Å². The number of rotatable bonds is 10. The summed E-state index contributed by atoms with van der Waals surface area (Å²) in [6, 6.07) is 16.4. The van der Waals surface area contributed by atoms with Crippen LogP contribution in [0.5, 0.6) is 0 Å². The van der Waals surface area contributed by atoms with E-state index in [2.05, 4.69) is 57.0 Å². The molecule has 4 aromatic rings. The van der Waals surface area contributed by atoms with Gasteiger partial charge in [0.1, 0.15) is 5.82 Å². The van der Waals surface area contributed by atoms with E-state index in [4.69, 9.17) is 19.6 Å². The van der Waals surface area contributed by atoms with Gasteiger partial charge < -0.3 is 9.47 Å². The van der Waals surface area contributed by atoms with Crippen LogP contribution in [0.15, 0.2) is 60.7 Å². The number of aromatic nitrogens is 7. The quantitative estimate of drug-likeness (QED) is 0.281. The van der Waals surface area contributed by atoms with E-state index < -0.39 is 5.79 Å². The first-order valence-electron chi connectivity index (χ1n) is 11.2. The summed E-state index contributed by atoms with van der Waals surface area (Å²) in [7, 11) is 3.23. The Kier molecular flexibility index (Phi) is 7.24. The van der Waals surface area contributed by atoms with Crippen LogP contribution in [0, 0.1) is 0 Å². The standard InChI is InChI=1S/C25H29N7O2/c1-5-7-12-22-26-24(25(6-2,33-3)34-4)29-32(22)17-18-13-15-19(16-14-18)20-10-8-9-11-21(20)23-27-30-31-28-23/h5,7-11,13-16H,6,12,17H2,1-4H3,(H,27,28,30,31)/b7-5+. The molecule has 1 N–H and O–H groups in total. The highest BCUT2D eigenvalue weighted by Gasteiger charge is 2.35. The maximum atomic E-state index is 5.66. The largest absolute Gasteiger partial charge is 0.347 e. The summed E-state index contributed by atoms with van der Waals surface area (Å²) < 4.78 is 13.2. The Morgan fingerprint density at radius 3 is 2.38 bits per heavy atom. The molecule has 9 heteroatoms. The lowest BCUT2D eigenvalue weighted by Gasteiger charge is -2.26. The van der Waals surface area contributed by atoms with Gasteiger partial charge in [0, 0.05) is 32.6 Å². The molecule has 0 fully saturated rings. The second kappa shape index (κ2) is 10.5. The van der Waals surface area contributed by atoms with E-state index in [-0.39, 0.29) is 0 Å². The van der Waals surface area contributed by atoms with Crippen LogP contribution in [0.25, 0.3) is 22.5 Å². The predicted octanol–water partition coefficient (Wildman–Crippen LogP) is 4.15. The minimum atomic E-state index is -0.960. The van der Waals surface area contributed by atoms with Gasteiger partial charge in [0.2, 0.25) is 17.4 Å². The van der Waals surface area contributed by atoms with Crippen LogP contribution in [0.1, 0.15) is 37.5 Å². The molecule has 176 valence electrons. The second-order valence-electron chi connectivity index (χ2n) is 7.78. The summed E-state index contributed by atoms with van der Waals surface area (Å²) in [5.41, 5.74) is 4.14. The van der Waals surface area contributed by atoms with Gasteiger partial charge in [-0.25, -0.2) is 9.67 Å². The van der Waals surface area contributed by atoms with Crippen molar-refractivity contribution in [2.45, 2.75) is 39.0 Å². The van der Waals surface area contributed by atoms with Gasteiger partial charge in [-0.2, -0.15) is 5.21 Å². The summed E-state index contributed by atoms with van der Waals surface area (Å²) in [4.78, 5) is 4.76. The molecule has 9 nitrogen and oxygen atoms in total. The summed E-state index contributed by atoms with van der Waals surface area (Å²) in [6.45, 7) is 4.57. The van der Waals surface area contributed by atoms with Crippen LogP contribution in [0.2, 0.25) is 0 Å². The molecule has 34 heavy (non-hydrogen) atoms. The highest BCUT2D eigenvalue weighted by atomic mass is 16.7. The molecular formula is C25H29N7O2. The summed E-state index contributed by atoms with van der Waals surface area (Å²) in [5, 5.41) is 19.2. The van der Waals surface area contributed by atoms with Crippen molar-refractivity contribution >= 4 is 0 Å². The van der Waals surface area contributed by atoms with Crippen LogP contribution in [0.4, 0.5) is 0 Å². The fourth-order valence-corrected chi connectivity index (χ4v) is 3.92. The maximum Gasteiger partial charge on any atom is 0.231 e. The van der Waals surface area contributed by atoms with E-state index in [1.165, 1.54) is 0 Å². The molecule has 2 aromatic carbocycles. The number of nitrogens with one attached hydrogen (secondary N) is 1. The maximum absolute atomic E-state index is 5.66. The number of tetrazole rings is 1. The summed E-state index contributed by atoms with van der Waals surface area (Å²) in [5.74, 6) is 0.995. The number of hydrogen-bond donors (Lipinski definition) is 1. The zero-order chi connectivity index (χ0) is 24.0. The lowest BCUT2D eigenvalue weighted by molar-refractivity contribution is -0.222. The number of nitrogens with zero attached hydrogens (tertiary/aromatic N) is 6. The molecule has 0 atom stereocenters. The third kappa shape index (κ3) is 4.66. The Bertz CT molecular complexity index is 1220. The number of ether oxygens (including phenoxy) is 2. The van der Waals surface area contributed by atoms with Crippen LogP contribution in [0.3, 0.4) is 0 Å². The molecule has 0 amide bonds. The van der Waals surface area contributed by atoms with Crippen LogP contribution in [-0.2, 0) is 28.2 Å². The number of hydrogen-bond acceptors (Lipinski definition) is 7. The smallest absolute Gasteiger partial charge is 0.231 e. The van der Waals surface area contributed by atoms with Crippen molar-refractivity contribution in [3.05, 3.63) is 77.9 Å². The predicted molar refractivity (Wildman–Crippen MR) is 129 cm³/mol. The van der Waals surface area contributed by atoms with Crippen molar-refractivity contribution in [3.8, 4) is 22.5 Å². The Morgan fingerprint density at radius 1 is 1.03 bits per heavy atom.